The molecule has 172 valence electrons. The Balaban J connectivity index is 1.32. The van der Waals surface area contributed by atoms with Crippen LogP contribution in [0, 0.1) is 0 Å². The van der Waals surface area contributed by atoms with Gasteiger partial charge < -0.3 is 29.0 Å². The molecule has 0 atom stereocenters. The SMILES string of the molecule is CN=C(NCc1ccc(OC)c(OC2CCCC2)c1)N1CCN(C(=O)c2ccco2)CC1. The fraction of sp³-hybridized carbons (Fsp3) is 0.500. The number of hydrogen-bond acceptors (Lipinski definition) is 5. The topological polar surface area (TPSA) is 79.5 Å². The molecule has 0 spiro atoms. The van der Waals surface area contributed by atoms with Crippen LogP contribution < -0.4 is 14.8 Å². The number of amides is 1. The minimum atomic E-state index is -0.0642. The van der Waals surface area contributed by atoms with E-state index >= 15 is 0 Å². The lowest BCUT2D eigenvalue weighted by molar-refractivity contribution is 0.0657. The minimum Gasteiger partial charge on any atom is -0.493 e. The third-order valence-electron chi connectivity index (χ3n) is 6.08. The first kappa shape index (κ1) is 22.0. The van der Waals surface area contributed by atoms with Gasteiger partial charge in [0.1, 0.15) is 0 Å². The van der Waals surface area contributed by atoms with Gasteiger partial charge >= 0.3 is 0 Å². The summed E-state index contributed by atoms with van der Waals surface area (Å²) in [7, 11) is 3.46. The van der Waals surface area contributed by atoms with Crippen molar-refractivity contribution in [2.24, 2.45) is 4.99 Å². The lowest BCUT2D eigenvalue weighted by Crippen LogP contribution is -2.53. The van der Waals surface area contributed by atoms with Gasteiger partial charge in [-0.1, -0.05) is 6.07 Å². The monoisotopic (exact) mass is 440 g/mol. The molecule has 1 aliphatic heterocycles. The maximum Gasteiger partial charge on any atom is 0.289 e. The summed E-state index contributed by atoms with van der Waals surface area (Å²) in [6.07, 6.45) is 6.47. The summed E-state index contributed by atoms with van der Waals surface area (Å²) in [5.74, 6) is 2.71. The number of carbonyl (C=O) groups is 1. The smallest absolute Gasteiger partial charge is 0.289 e. The van der Waals surface area contributed by atoms with Gasteiger partial charge in [-0.15, -0.1) is 0 Å². The van der Waals surface area contributed by atoms with Gasteiger partial charge in [0, 0.05) is 39.8 Å². The van der Waals surface area contributed by atoms with Gasteiger partial charge in [0.25, 0.3) is 5.91 Å². The third kappa shape index (κ3) is 5.18. The molecule has 2 heterocycles. The number of hydrogen-bond donors (Lipinski definition) is 1. The molecule has 2 aliphatic rings. The zero-order valence-electron chi connectivity index (χ0n) is 18.9. The Hall–Kier alpha value is -3.16. The zero-order valence-corrected chi connectivity index (χ0v) is 18.9. The molecule has 2 fully saturated rings. The van der Waals surface area contributed by atoms with Crippen LogP contribution in [0.2, 0.25) is 0 Å². The quantitative estimate of drug-likeness (QED) is 0.549. The molecule has 1 aromatic carbocycles. The van der Waals surface area contributed by atoms with Crippen molar-refractivity contribution >= 4 is 11.9 Å². The summed E-state index contributed by atoms with van der Waals surface area (Å²) in [5.41, 5.74) is 1.10. The van der Waals surface area contributed by atoms with E-state index in [1.807, 2.05) is 17.0 Å². The molecule has 1 N–H and O–H groups in total. The van der Waals surface area contributed by atoms with Gasteiger partial charge in [0.2, 0.25) is 0 Å². The number of piperazine rings is 1. The predicted molar refractivity (Wildman–Crippen MR) is 122 cm³/mol. The Morgan fingerprint density at radius 3 is 2.53 bits per heavy atom. The summed E-state index contributed by atoms with van der Waals surface area (Å²) in [6.45, 7) is 3.31. The van der Waals surface area contributed by atoms with Crippen molar-refractivity contribution in [3.05, 3.63) is 47.9 Å². The highest BCUT2D eigenvalue weighted by Gasteiger charge is 2.25. The second-order valence-electron chi connectivity index (χ2n) is 8.17. The normalized spacial score (nSPS) is 17.5. The molecule has 0 bridgehead atoms. The highest BCUT2D eigenvalue weighted by atomic mass is 16.5. The van der Waals surface area contributed by atoms with Crippen molar-refractivity contribution in [1.82, 2.24) is 15.1 Å². The molecule has 1 amide bonds. The molecule has 0 radical (unpaired) electrons. The maximum atomic E-state index is 12.5. The van der Waals surface area contributed by atoms with Crippen LogP contribution in [-0.4, -0.2) is 68.1 Å². The molecule has 0 unspecified atom stereocenters. The number of ether oxygens (including phenoxy) is 2. The van der Waals surface area contributed by atoms with Gasteiger partial charge in [0.15, 0.2) is 23.2 Å². The van der Waals surface area contributed by atoms with E-state index in [1.54, 1.807) is 26.3 Å². The fourth-order valence-corrected chi connectivity index (χ4v) is 4.30. The molecule has 1 saturated carbocycles. The second kappa shape index (κ2) is 10.4. The molecule has 1 aromatic heterocycles. The highest BCUT2D eigenvalue weighted by Crippen LogP contribution is 2.32. The van der Waals surface area contributed by atoms with E-state index in [2.05, 4.69) is 21.3 Å². The summed E-state index contributed by atoms with van der Waals surface area (Å²) in [6, 6.07) is 9.49. The van der Waals surface area contributed by atoms with Crippen LogP contribution in [0.5, 0.6) is 11.5 Å². The number of benzene rings is 1. The van der Waals surface area contributed by atoms with E-state index in [0.29, 0.717) is 38.5 Å². The Bertz CT molecular complexity index is 914. The molecule has 1 aliphatic carbocycles. The average Bonchev–Trinajstić information content (AvgIpc) is 3.54. The lowest BCUT2D eigenvalue weighted by Gasteiger charge is -2.36. The molecular weight excluding hydrogens is 408 g/mol. The maximum absolute atomic E-state index is 12.5. The van der Waals surface area contributed by atoms with E-state index in [1.165, 1.54) is 19.1 Å². The van der Waals surface area contributed by atoms with Gasteiger partial charge in [-0.3, -0.25) is 9.79 Å². The zero-order chi connectivity index (χ0) is 22.3. The Morgan fingerprint density at radius 2 is 1.88 bits per heavy atom. The number of nitrogens with one attached hydrogen (secondary N) is 1. The van der Waals surface area contributed by atoms with E-state index in [0.717, 1.165) is 35.9 Å². The largest absolute Gasteiger partial charge is 0.493 e. The van der Waals surface area contributed by atoms with Crippen molar-refractivity contribution in [3.8, 4) is 11.5 Å². The van der Waals surface area contributed by atoms with Crippen LogP contribution in [0.3, 0.4) is 0 Å². The molecule has 8 nitrogen and oxygen atoms in total. The van der Waals surface area contributed by atoms with E-state index in [9.17, 15) is 4.79 Å². The highest BCUT2D eigenvalue weighted by molar-refractivity contribution is 5.91. The van der Waals surface area contributed by atoms with Crippen LogP contribution in [0.15, 0.2) is 46.0 Å². The average molecular weight is 441 g/mol. The first-order valence-electron chi connectivity index (χ1n) is 11.3. The molecule has 32 heavy (non-hydrogen) atoms. The van der Waals surface area contributed by atoms with Gasteiger partial charge in [-0.05, 0) is 55.5 Å². The van der Waals surface area contributed by atoms with Crippen LogP contribution in [0.25, 0.3) is 0 Å². The lowest BCUT2D eigenvalue weighted by atomic mass is 10.2. The first-order chi connectivity index (χ1) is 15.7. The van der Waals surface area contributed by atoms with E-state index in [-0.39, 0.29) is 12.0 Å². The number of methoxy groups -OCH3 is 1. The molecular formula is C24H32N4O4. The van der Waals surface area contributed by atoms with Crippen molar-refractivity contribution in [3.63, 3.8) is 0 Å². The minimum absolute atomic E-state index is 0.0642. The molecule has 1 saturated heterocycles. The van der Waals surface area contributed by atoms with Crippen LogP contribution in [0.4, 0.5) is 0 Å². The van der Waals surface area contributed by atoms with Crippen molar-refractivity contribution < 1.29 is 18.7 Å². The number of carbonyl (C=O) groups excluding carboxylic acids is 1. The number of rotatable bonds is 6. The van der Waals surface area contributed by atoms with Crippen LogP contribution >= 0.6 is 0 Å². The first-order valence-corrected chi connectivity index (χ1v) is 11.3. The molecule has 4 rings (SSSR count). The number of furan rings is 1. The summed E-state index contributed by atoms with van der Waals surface area (Å²) < 4.78 is 16.9. The molecule has 8 heteroatoms. The van der Waals surface area contributed by atoms with Gasteiger partial charge in [0.05, 0.1) is 19.5 Å². The second-order valence-corrected chi connectivity index (χ2v) is 8.17. The number of nitrogens with zero attached hydrogens (tertiary/aromatic N) is 3. The standard InChI is InChI=1S/C24H32N4O4/c1-25-24(28-13-11-27(12-14-28)23(29)21-8-5-15-31-21)26-17-18-9-10-20(30-2)22(16-18)32-19-6-3-4-7-19/h5,8-10,15-16,19H,3-4,6-7,11-14,17H2,1-2H3,(H,25,26). The Labute approximate surface area is 189 Å². The van der Waals surface area contributed by atoms with Crippen molar-refractivity contribution in [2.75, 3.05) is 40.3 Å². The number of aliphatic imine (C=N–C) groups is 1. The van der Waals surface area contributed by atoms with Crippen molar-refractivity contribution in [1.29, 1.82) is 0 Å². The summed E-state index contributed by atoms with van der Waals surface area (Å²) in [5, 5.41) is 3.44. The Morgan fingerprint density at radius 1 is 1.12 bits per heavy atom. The van der Waals surface area contributed by atoms with E-state index < -0.39 is 0 Å². The number of guanidine groups is 1. The van der Waals surface area contributed by atoms with E-state index in [4.69, 9.17) is 13.9 Å². The summed E-state index contributed by atoms with van der Waals surface area (Å²) in [4.78, 5) is 20.9. The van der Waals surface area contributed by atoms with Crippen molar-refractivity contribution in [2.45, 2.75) is 38.3 Å². The van der Waals surface area contributed by atoms with Gasteiger partial charge in [-0.2, -0.15) is 0 Å². The molecule has 2 aromatic rings. The van der Waals surface area contributed by atoms with Gasteiger partial charge in [-0.25, -0.2) is 0 Å². The summed E-state index contributed by atoms with van der Waals surface area (Å²) >= 11 is 0. The van der Waals surface area contributed by atoms with Crippen LogP contribution in [0.1, 0.15) is 41.8 Å². The van der Waals surface area contributed by atoms with Crippen LogP contribution in [-0.2, 0) is 6.54 Å². The fourth-order valence-electron chi connectivity index (χ4n) is 4.30. The third-order valence-corrected chi connectivity index (χ3v) is 6.08. The predicted octanol–water partition coefficient (Wildman–Crippen LogP) is 3.14. The Kier molecular flexibility index (Phi) is 7.19.